The van der Waals surface area contributed by atoms with Crippen LogP contribution in [0.25, 0.3) is 0 Å². The predicted molar refractivity (Wildman–Crippen MR) is 120 cm³/mol. The first-order valence-electron chi connectivity index (χ1n) is 9.90. The largest absolute Gasteiger partial charge is 0.490 e. The molecule has 0 radical (unpaired) electrons. The Morgan fingerprint density at radius 3 is 2.10 bits per heavy atom. The van der Waals surface area contributed by atoms with Gasteiger partial charge in [0.1, 0.15) is 24.3 Å². The molecule has 0 heterocycles. The molecule has 0 amide bonds. The molecule has 0 bridgehead atoms. The number of para-hydroxylation sites is 1. The second-order valence-corrected chi connectivity index (χ2v) is 9.37. The number of rotatable bonds is 8. The van der Waals surface area contributed by atoms with E-state index in [0.29, 0.717) is 5.75 Å². The Balaban J connectivity index is 1.86. The molecule has 0 aliphatic carbocycles. The molecule has 164 valence electrons. The molecular formula is C24H26FNO4S. The van der Waals surface area contributed by atoms with Gasteiger partial charge >= 0.3 is 0 Å². The minimum atomic E-state index is -3.98. The SMILES string of the molecule is Cc1ccc(S(=O)(=O)N(C[C@@H](O)COc2c(C)cccc2C)c2ccc(F)cc2)cc1. The molecule has 3 rings (SSSR count). The van der Waals surface area contributed by atoms with Crippen molar-refractivity contribution in [1.29, 1.82) is 0 Å². The molecule has 0 saturated heterocycles. The van der Waals surface area contributed by atoms with Gasteiger partial charge in [0.25, 0.3) is 10.0 Å². The molecule has 31 heavy (non-hydrogen) atoms. The van der Waals surface area contributed by atoms with Crippen molar-refractivity contribution in [3.05, 3.63) is 89.2 Å². The van der Waals surface area contributed by atoms with E-state index >= 15 is 0 Å². The number of benzene rings is 3. The van der Waals surface area contributed by atoms with Gasteiger partial charge in [0.2, 0.25) is 0 Å². The Morgan fingerprint density at radius 1 is 0.935 bits per heavy atom. The van der Waals surface area contributed by atoms with Gasteiger partial charge in [0, 0.05) is 0 Å². The van der Waals surface area contributed by atoms with Gasteiger partial charge in [-0.15, -0.1) is 0 Å². The maximum atomic E-state index is 13.4. The molecule has 5 nitrogen and oxygen atoms in total. The molecule has 3 aromatic rings. The highest BCUT2D eigenvalue weighted by atomic mass is 32.2. The second kappa shape index (κ2) is 9.49. The molecule has 3 aromatic carbocycles. The number of halogens is 1. The highest BCUT2D eigenvalue weighted by molar-refractivity contribution is 7.92. The van der Waals surface area contributed by atoms with Crippen LogP contribution in [-0.4, -0.2) is 32.8 Å². The third-order valence-electron chi connectivity index (χ3n) is 4.93. The van der Waals surface area contributed by atoms with Crippen molar-refractivity contribution < 1.29 is 22.7 Å². The Bertz CT molecular complexity index is 1110. The van der Waals surface area contributed by atoms with Crippen LogP contribution < -0.4 is 9.04 Å². The topological polar surface area (TPSA) is 66.8 Å². The second-order valence-electron chi connectivity index (χ2n) is 7.51. The zero-order chi connectivity index (χ0) is 22.6. The number of aryl methyl sites for hydroxylation is 3. The van der Waals surface area contributed by atoms with E-state index in [0.717, 1.165) is 21.0 Å². The number of aliphatic hydroxyl groups is 1. The molecule has 7 heteroatoms. The maximum Gasteiger partial charge on any atom is 0.264 e. The van der Waals surface area contributed by atoms with Crippen LogP contribution in [0.5, 0.6) is 5.75 Å². The van der Waals surface area contributed by atoms with Gasteiger partial charge in [0.05, 0.1) is 17.1 Å². The smallest absolute Gasteiger partial charge is 0.264 e. The third kappa shape index (κ3) is 5.42. The first-order valence-corrected chi connectivity index (χ1v) is 11.3. The summed E-state index contributed by atoms with van der Waals surface area (Å²) in [6.07, 6.45) is -1.11. The summed E-state index contributed by atoms with van der Waals surface area (Å²) < 4.78 is 46.9. The van der Waals surface area contributed by atoms with Crippen LogP contribution in [0.3, 0.4) is 0 Å². The summed E-state index contributed by atoms with van der Waals surface area (Å²) in [6.45, 7) is 5.34. The van der Waals surface area contributed by atoms with Crippen LogP contribution in [0.1, 0.15) is 16.7 Å². The van der Waals surface area contributed by atoms with Crippen LogP contribution in [0.4, 0.5) is 10.1 Å². The molecule has 0 spiro atoms. The molecule has 0 aliphatic heterocycles. The number of aliphatic hydroxyl groups excluding tert-OH is 1. The Kier molecular flexibility index (Phi) is 6.97. The highest BCUT2D eigenvalue weighted by Crippen LogP contribution is 2.26. The molecule has 1 atom stereocenters. The Morgan fingerprint density at radius 2 is 1.52 bits per heavy atom. The maximum absolute atomic E-state index is 13.4. The third-order valence-corrected chi connectivity index (χ3v) is 6.74. The van der Waals surface area contributed by atoms with Crippen LogP contribution in [0, 0.1) is 26.6 Å². The average Bonchev–Trinajstić information content (AvgIpc) is 2.72. The minimum absolute atomic E-state index is 0.0882. The van der Waals surface area contributed by atoms with E-state index in [-0.39, 0.29) is 23.7 Å². The van der Waals surface area contributed by atoms with Crippen LogP contribution >= 0.6 is 0 Å². The summed E-state index contributed by atoms with van der Waals surface area (Å²) >= 11 is 0. The first kappa shape index (κ1) is 22.8. The highest BCUT2D eigenvalue weighted by Gasteiger charge is 2.27. The summed E-state index contributed by atoms with van der Waals surface area (Å²) in [5.41, 5.74) is 3.03. The lowest BCUT2D eigenvalue weighted by Gasteiger charge is -2.27. The molecule has 0 unspecified atom stereocenters. The summed E-state index contributed by atoms with van der Waals surface area (Å²) in [5, 5.41) is 10.6. The summed E-state index contributed by atoms with van der Waals surface area (Å²) in [7, 11) is -3.98. The van der Waals surface area contributed by atoms with Crippen molar-refractivity contribution in [2.75, 3.05) is 17.5 Å². The predicted octanol–water partition coefficient (Wildman–Crippen LogP) is 4.39. The zero-order valence-electron chi connectivity index (χ0n) is 17.7. The van der Waals surface area contributed by atoms with Gasteiger partial charge in [-0.05, 0) is 68.3 Å². The van der Waals surface area contributed by atoms with E-state index < -0.39 is 21.9 Å². The molecular weight excluding hydrogens is 417 g/mol. The monoisotopic (exact) mass is 443 g/mol. The van der Waals surface area contributed by atoms with Crippen LogP contribution in [0.15, 0.2) is 71.6 Å². The number of hydrogen-bond donors (Lipinski definition) is 1. The summed E-state index contributed by atoms with van der Waals surface area (Å²) in [6, 6.07) is 17.3. The lowest BCUT2D eigenvalue weighted by Crippen LogP contribution is -2.40. The number of nitrogens with zero attached hydrogens (tertiary/aromatic N) is 1. The normalized spacial score (nSPS) is 12.4. The molecule has 0 aliphatic rings. The first-order chi connectivity index (χ1) is 14.7. The van der Waals surface area contributed by atoms with Crippen molar-refractivity contribution >= 4 is 15.7 Å². The van der Waals surface area contributed by atoms with Gasteiger partial charge in [0.15, 0.2) is 0 Å². The summed E-state index contributed by atoms with van der Waals surface area (Å²) in [5.74, 6) is 0.187. The Labute approximate surface area is 182 Å². The summed E-state index contributed by atoms with van der Waals surface area (Å²) in [4.78, 5) is 0.0882. The van der Waals surface area contributed by atoms with Crippen molar-refractivity contribution in [3.8, 4) is 5.75 Å². The average molecular weight is 444 g/mol. The molecule has 1 N–H and O–H groups in total. The number of ether oxygens (including phenoxy) is 1. The fourth-order valence-corrected chi connectivity index (χ4v) is 4.74. The van der Waals surface area contributed by atoms with Gasteiger partial charge in [-0.2, -0.15) is 0 Å². The fourth-order valence-electron chi connectivity index (χ4n) is 3.24. The quantitative estimate of drug-likeness (QED) is 0.561. The standard InChI is InChI=1S/C24H26FNO4S/c1-17-7-13-23(14-8-17)31(28,29)26(21-11-9-20(25)10-12-21)15-22(27)16-30-24-18(2)5-4-6-19(24)3/h4-14,22,27H,15-16H2,1-3H3/t22-/m1/s1. The van der Waals surface area contributed by atoms with E-state index in [2.05, 4.69) is 0 Å². The van der Waals surface area contributed by atoms with Crippen molar-refractivity contribution in [3.63, 3.8) is 0 Å². The molecule has 0 aromatic heterocycles. The van der Waals surface area contributed by atoms with Crippen LogP contribution in [0.2, 0.25) is 0 Å². The van der Waals surface area contributed by atoms with Gasteiger partial charge in [-0.1, -0.05) is 35.9 Å². The van der Waals surface area contributed by atoms with Crippen molar-refractivity contribution in [2.45, 2.75) is 31.8 Å². The molecule has 0 fully saturated rings. The van der Waals surface area contributed by atoms with Crippen molar-refractivity contribution in [1.82, 2.24) is 0 Å². The van der Waals surface area contributed by atoms with E-state index in [1.165, 1.54) is 36.4 Å². The number of anilines is 1. The van der Waals surface area contributed by atoms with Gasteiger partial charge in [-0.3, -0.25) is 4.31 Å². The lowest BCUT2D eigenvalue weighted by molar-refractivity contribution is 0.114. The van der Waals surface area contributed by atoms with Gasteiger partial charge in [-0.25, -0.2) is 12.8 Å². The van der Waals surface area contributed by atoms with E-state index in [4.69, 9.17) is 4.74 Å². The van der Waals surface area contributed by atoms with Crippen molar-refractivity contribution in [2.24, 2.45) is 0 Å². The van der Waals surface area contributed by atoms with Gasteiger partial charge < -0.3 is 9.84 Å². The lowest BCUT2D eigenvalue weighted by atomic mass is 10.1. The molecule has 0 saturated carbocycles. The Hall–Kier alpha value is -2.90. The number of hydrogen-bond acceptors (Lipinski definition) is 4. The van der Waals surface area contributed by atoms with Crippen LogP contribution in [-0.2, 0) is 10.0 Å². The zero-order valence-corrected chi connectivity index (χ0v) is 18.6. The van der Waals surface area contributed by atoms with E-state index in [9.17, 15) is 17.9 Å². The minimum Gasteiger partial charge on any atom is -0.490 e. The van der Waals surface area contributed by atoms with E-state index in [1.54, 1.807) is 12.1 Å². The number of sulfonamides is 1. The fraction of sp³-hybridized carbons (Fsp3) is 0.250. The van der Waals surface area contributed by atoms with E-state index in [1.807, 2.05) is 39.0 Å².